The van der Waals surface area contributed by atoms with E-state index in [1.165, 1.54) is 0 Å². The molecule has 2 aromatic heterocycles. The van der Waals surface area contributed by atoms with Gasteiger partial charge in [0.15, 0.2) is 5.82 Å². The van der Waals surface area contributed by atoms with Crippen LogP contribution in [0, 0.1) is 0 Å². The van der Waals surface area contributed by atoms with Gasteiger partial charge in [-0.05, 0) is 6.42 Å². The predicted molar refractivity (Wildman–Crippen MR) is 66.6 cm³/mol. The molecule has 3 heterocycles. The number of aromatic nitrogens is 6. The summed E-state index contributed by atoms with van der Waals surface area (Å²) in [5.74, 6) is 1.90. The number of hydrogen-bond acceptors (Lipinski definition) is 7. The number of aromatic amines is 1. The number of H-pyrrole nitrogens is 1. The van der Waals surface area contributed by atoms with E-state index in [1.54, 1.807) is 6.33 Å². The Hall–Kier alpha value is -2.09. The van der Waals surface area contributed by atoms with Crippen LogP contribution in [0.25, 0.3) is 0 Å². The van der Waals surface area contributed by atoms with E-state index in [0.29, 0.717) is 24.7 Å². The third-order valence-corrected chi connectivity index (χ3v) is 3.08. The number of nitrogens with zero attached hydrogens (tertiary/aromatic N) is 5. The highest BCUT2D eigenvalue weighted by Gasteiger charge is 2.19. The summed E-state index contributed by atoms with van der Waals surface area (Å²) in [5, 5.41) is 17.0. The highest BCUT2D eigenvalue weighted by atomic mass is 16.5. The van der Waals surface area contributed by atoms with Crippen molar-refractivity contribution in [1.29, 1.82) is 0 Å². The van der Waals surface area contributed by atoms with E-state index in [1.807, 2.05) is 6.07 Å². The normalized spacial score (nSPS) is 18.6. The maximum Gasteiger partial charge on any atom is 0.176 e. The second-order valence-corrected chi connectivity index (χ2v) is 4.39. The molecule has 2 N–H and O–H groups in total. The van der Waals surface area contributed by atoms with Gasteiger partial charge in [0.05, 0.1) is 12.3 Å². The average molecular weight is 261 g/mol. The lowest BCUT2D eigenvalue weighted by Crippen LogP contribution is -2.09. The van der Waals surface area contributed by atoms with E-state index < -0.39 is 0 Å². The van der Waals surface area contributed by atoms with Crippen molar-refractivity contribution in [3.8, 4) is 0 Å². The Morgan fingerprint density at radius 2 is 2.42 bits per heavy atom. The molecule has 0 spiro atoms. The zero-order chi connectivity index (χ0) is 12.9. The highest BCUT2D eigenvalue weighted by molar-refractivity contribution is 5.36. The van der Waals surface area contributed by atoms with Crippen LogP contribution in [0.3, 0.4) is 0 Å². The predicted octanol–water partition coefficient (Wildman–Crippen LogP) is 0.148. The van der Waals surface area contributed by atoms with Crippen molar-refractivity contribution < 1.29 is 4.74 Å². The molecule has 0 saturated carbocycles. The molecule has 100 valence electrons. The average Bonchev–Trinajstić information content (AvgIpc) is 3.12. The minimum Gasteiger partial charge on any atom is -0.381 e. The van der Waals surface area contributed by atoms with Crippen molar-refractivity contribution in [1.82, 2.24) is 30.6 Å². The van der Waals surface area contributed by atoms with Crippen LogP contribution in [0.4, 0.5) is 5.82 Å². The Kier molecular flexibility index (Phi) is 3.59. The van der Waals surface area contributed by atoms with Crippen LogP contribution < -0.4 is 5.32 Å². The van der Waals surface area contributed by atoms with Crippen molar-refractivity contribution >= 4 is 5.82 Å². The molecule has 1 fully saturated rings. The van der Waals surface area contributed by atoms with Gasteiger partial charge in [-0.1, -0.05) is 5.21 Å². The smallest absolute Gasteiger partial charge is 0.176 e. The summed E-state index contributed by atoms with van der Waals surface area (Å²) in [6, 6.07) is 1.98. The van der Waals surface area contributed by atoms with Crippen LogP contribution in [0.15, 0.2) is 12.4 Å². The van der Waals surface area contributed by atoms with Gasteiger partial charge in [-0.15, -0.1) is 10.2 Å². The van der Waals surface area contributed by atoms with E-state index in [0.717, 1.165) is 31.1 Å². The van der Waals surface area contributed by atoms with Crippen molar-refractivity contribution in [2.75, 3.05) is 25.1 Å². The number of ether oxygens (including phenoxy) is 1. The quantitative estimate of drug-likeness (QED) is 0.789. The topological polar surface area (TPSA) is 102 Å². The molecule has 19 heavy (non-hydrogen) atoms. The maximum atomic E-state index is 5.37. The van der Waals surface area contributed by atoms with Gasteiger partial charge < -0.3 is 10.1 Å². The number of anilines is 1. The molecule has 1 aliphatic heterocycles. The Labute approximate surface area is 110 Å². The first kappa shape index (κ1) is 12.0. The molecule has 0 aliphatic carbocycles. The lowest BCUT2D eigenvalue weighted by Gasteiger charge is -2.09. The number of rotatable bonds is 5. The van der Waals surface area contributed by atoms with Crippen molar-refractivity contribution in [2.24, 2.45) is 0 Å². The molecular weight excluding hydrogens is 246 g/mol. The Bertz CT molecular complexity index is 510. The van der Waals surface area contributed by atoms with E-state index in [9.17, 15) is 0 Å². The summed E-state index contributed by atoms with van der Waals surface area (Å²) in [5.41, 5.74) is 1.04. The molecule has 0 aromatic carbocycles. The second-order valence-electron chi connectivity index (χ2n) is 4.39. The first-order chi connectivity index (χ1) is 9.42. The summed E-state index contributed by atoms with van der Waals surface area (Å²) < 4.78 is 5.37. The minimum absolute atomic E-state index is 0.390. The van der Waals surface area contributed by atoms with Crippen molar-refractivity contribution in [3.63, 3.8) is 0 Å². The fourth-order valence-electron chi connectivity index (χ4n) is 2.05. The number of tetrazole rings is 1. The Morgan fingerprint density at radius 3 is 3.21 bits per heavy atom. The monoisotopic (exact) mass is 261 g/mol. The molecule has 8 nitrogen and oxygen atoms in total. The number of hydrogen-bond donors (Lipinski definition) is 2. The van der Waals surface area contributed by atoms with Crippen LogP contribution in [0.5, 0.6) is 0 Å². The highest BCUT2D eigenvalue weighted by Crippen LogP contribution is 2.24. The van der Waals surface area contributed by atoms with Gasteiger partial charge in [-0.25, -0.2) is 9.97 Å². The maximum absolute atomic E-state index is 5.37. The molecule has 0 unspecified atom stereocenters. The van der Waals surface area contributed by atoms with Gasteiger partial charge in [-0.3, -0.25) is 0 Å². The summed E-state index contributed by atoms with van der Waals surface area (Å²) in [7, 11) is 0. The zero-order valence-electron chi connectivity index (χ0n) is 10.4. The van der Waals surface area contributed by atoms with E-state index in [4.69, 9.17) is 4.74 Å². The first-order valence-corrected chi connectivity index (χ1v) is 6.28. The van der Waals surface area contributed by atoms with Gasteiger partial charge in [0.25, 0.3) is 0 Å². The van der Waals surface area contributed by atoms with Crippen molar-refractivity contribution in [2.45, 2.75) is 18.8 Å². The molecule has 3 rings (SSSR count). The van der Waals surface area contributed by atoms with Gasteiger partial charge >= 0.3 is 0 Å². The van der Waals surface area contributed by atoms with Gasteiger partial charge in [0, 0.05) is 31.6 Å². The molecule has 8 heteroatoms. The van der Waals surface area contributed by atoms with Crippen LogP contribution >= 0.6 is 0 Å². The number of nitrogens with one attached hydrogen (secondary N) is 2. The molecule has 0 radical (unpaired) electrons. The Balaban J connectivity index is 1.56. The lowest BCUT2D eigenvalue weighted by atomic mass is 10.1. The molecule has 1 aliphatic rings. The van der Waals surface area contributed by atoms with E-state index in [2.05, 4.69) is 35.9 Å². The summed E-state index contributed by atoms with van der Waals surface area (Å²) >= 11 is 0. The van der Waals surface area contributed by atoms with Crippen LogP contribution in [0.1, 0.15) is 23.9 Å². The summed E-state index contributed by atoms with van der Waals surface area (Å²) in [4.78, 5) is 8.51. The van der Waals surface area contributed by atoms with Crippen LogP contribution in [-0.2, 0) is 11.2 Å². The molecule has 0 bridgehead atoms. The molecule has 1 saturated heterocycles. The fourth-order valence-corrected chi connectivity index (χ4v) is 2.05. The van der Waals surface area contributed by atoms with E-state index in [-0.39, 0.29) is 0 Å². The third kappa shape index (κ3) is 3.02. The molecule has 1 atom stereocenters. The van der Waals surface area contributed by atoms with Gasteiger partial charge in [-0.2, -0.15) is 5.21 Å². The van der Waals surface area contributed by atoms with Gasteiger partial charge in [0.1, 0.15) is 12.1 Å². The zero-order valence-corrected chi connectivity index (χ0v) is 10.4. The van der Waals surface area contributed by atoms with Crippen LogP contribution in [-0.4, -0.2) is 50.4 Å². The van der Waals surface area contributed by atoms with Crippen molar-refractivity contribution in [3.05, 3.63) is 23.9 Å². The molecule has 2 aromatic rings. The van der Waals surface area contributed by atoms with Gasteiger partial charge in [0.2, 0.25) is 0 Å². The minimum atomic E-state index is 0.390. The SMILES string of the molecule is c1nc(NCCc2nn[nH]n2)cc([C@@H]2CCOC2)n1. The van der Waals surface area contributed by atoms with Crippen LogP contribution in [0.2, 0.25) is 0 Å². The summed E-state index contributed by atoms with van der Waals surface area (Å²) in [6.45, 7) is 2.27. The Morgan fingerprint density at radius 1 is 1.42 bits per heavy atom. The first-order valence-electron chi connectivity index (χ1n) is 6.28. The third-order valence-electron chi connectivity index (χ3n) is 3.08. The fraction of sp³-hybridized carbons (Fsp3) is 0.545. The molecular formula is C11H15N7O. The lowest BCUT2D eigenvalue weighted by molar-refractivity contribution is 0.193. The second kappa shape index (κ2) is 5.70. The molecule has 0 amide bonds. The summed E-state index contributed by atoms with van der Waals surface area (Å²) in [6.07, 6.45) is 3.31. The largest absolute Gasteiger partial charge is 0.381 e. The standard InChI is InChI=1S/C11H15N7O/c1(10-15-17-18-16-10)3-12-11-5-9(13-7-14-11)8-2-4-19-6-8/h5,7-8H,1-4,6H2,(H,12,13,14)(H,15,16,17,18)/t8-/m1/s1. The van der Waals surface area contributed by atoms with E-state index >= 15 is 0 Å².